The van der Waals surface area contributed by atoms with E-state index in [0.29, 0.717) is 22.6 Å². The van der Waals surface area contributed by atoms with Gasteiger partial charge < -0.3 is 4.74 Å². The van der Waals surface area contributed by atoms with E-state index in [9.17, 15) is 9.59 Å². The summed E-state index contributed by atoms with van der Waals surface area (Å²) in [7, 11) is 0. The average molecular weight is 449 g/mol. The first kappa shape index (κ1) is 21.8. The molecule has 4 aromatic rings. The van der Waals surface area contributed by atoms with Gasteiger partial charge in [-0.15, -0.1) is 11.8 Å². The van der Waals surface area contributed by atoms with Gasteiger partial charge in [-0.05, 0) is 50.1 Å². The summed E-state index contributed by atoms with van der Waals surface area (Å²) in [6, 6.07) is 13.9. The number of fused-ring (bicyclic) bond motifs is 1. The van der Waals surface area contributed by atoms with Crippen molar-refractivity contribution in [3.63, 3.8) is 0 Å². The van der Waals surface area contributed by atoms with Crippen molar-refractivity contribution in [3.8, 4) is 0 Å². The van der Waals surface area contributed by atoms with Crippen LogP contribution in [0, 0.1) is 20.8 Å². The lowest BCUT2D eigenvalue weighted by atomic mass is 10.1. The van der Waals surface area contributed by atoms with Gasteiger partial charge in [0.05, 0.1) is 17.9 Å². The van der Waals surface area contributed by atoms with Crippen molar-refractivity contribution in [1.29, 1.82) is 0 Å². The molecule has 0 atom stereocenters. The fraction of sp³-hybridized carbons (Fsp3) is 0.250. The average Bonchev–Trinajstić information content (AvgIpc) is 3.25. The number of aromatic nitrogens is 4. The fourth-order valence-corrected chi connectivity index (χ4v) is 4.49. The number of hydrogen-bond donors (Lipinski definition) is 1. The smallest absolute Gasteiger partial charge is 0.338 e. The SMILES string of the molecule is Cc1ccc(C)c(SCc2cccc(C(=O)OCCc3c(C)nc4nc[nH]n4c3=O)c2)c1. The summed E-state index contributed by atoms with van der Waals surface area (Å²) in [4.78, 5) is 34.6. The molecule has 2 aromatic heterocycles. The van der Waals surface area contributed by atoms with Gasteiger partial charge in [-0.25, -0.2) is 14.8 Å². The minimum Gasteiger partial charge on any atom is -0.462 e. The van der Waals surface area contributed by atoms with Gasteiger partial charge in [0.15, 0.2) is 0 Å². The quantitative estimate of drug-likeness (QED) is 0.339. The Hall–Kier alpha value is -3.39. The van der Waals surface area contributed by atoms with Crippen LogP contribution in [0.1, 0.15) is 38.3 Å². The highest BCUT2D eigenvalue weighted by molar-refractivity contribution is 7.98. The minimum atomic E-state index is -0.406. The van der Waals surface area contributed by atoms with Crippen molar-refractivity contribution in [2.24, 2.45) is 0 Å². The van der Waals surface area contributed by atoms with Gasteiger partial charge in [0.1, 0.15) is 6.33 Å². The van der Waals surface area contributed by atoms with E-state index < -0.39 is 5.97 Å². The van der Waals surface area contributed by atoms with Crippen LogP contribution >= 0.6 is 11.8 Å². The Morgan fingerprint density at radius 1 is 1.16 bits per heavy atom. The summed E-state index contributed by atoms with van der Waals surface area (Å²) in [5.74, 6) is 0.678. The van der Waals surface area contributed by atoms with Gasteiger partial charge in [-0.2, -0.15) is 4.52 Å². The number of benzene rings is 2. The highest BCUT2D eigenvalue weighted by atomic mass is 32.2. The Morgan fingerprint density at radius 3 is 2.84 bits per heavy atom. The molecule has 2 aromatic carbocycles. The molecule has 0 aliphatic carbocycles. The Kier molecular flexibility index (Phi) is 6.41. The highest BCUT2D eigenvalue weighted by Crippen LogP contribution is 2.27. The Labute approximate surface area is 189 Å². The van der Waals surface area contributed by atoms with Crippen LogP contribution in [-0.4, -0.2) is 32.2 Å². The number of hydrogen-bond acceptors (Lipinski definition) is 6. The molecule has 0 saturated heterocycles. The molecule has 164 valence electrons. The van der Waals surface area contributed by atoms with Crippen molar-refractivity contribution in [2.75, 3.05) is 6.61 Å². The maximum absolute atomic E-state index is 12.6. The third-order valence-electron chi connectivity index (χ3n) is 5.22. The molecule has 0 aliphatic heterocycles. The van der Waals surface area contributed by atoms with Crippen LogP contribution in [0.2, 0.25) is 0 Å². The second kappa shape index (κ2) is 9.40. The van der Waals surface area contributed by atoms with E-state index in [1.54, 1.807) is 24.8 Å². The van der Waals surface area contributed by atoms with E-state index in [4.69, 9.17) is 4.74 Å². The molecule has 0 aliphatic rings. The molecule has 0 saturated carbocycles. The zero-order valence-corrected chi connectivity index (χ0v) is 19.0. The first-order chi connectivity index (χ1) is 15.4. The Morgan fingerprint density at radius 2 is 2.00 bits per heavy atom. The molecule has 1 N–H and O–H groups in total. The van der Waals surface area contributed by atoms with Crippen molar-refractivity contribution in [1.82, 2.24) is 19.6 Å². The first-order valence-electron chi connectivity index (χ1n) is 10.3. The molecular weight excluding hydrogens is 424 g/mol. The van der Waals surface area contributed by atoms with Crippen LogP contribution in [-0.2, 0) is 16.9 Å². The largest absolute Gasteiger partial charge is 0.462 e. The van der Waals surface area contributed by atoms with Crippen LogP contribution in [0.3, 0.4) is 0 Å². The van der Waals surface area contributed by atoms with Gasteiger partial charge in [-0.1, -0.05) is 29.8 Å². The minimum absolute atomic E-state index is 0.0955. The summed E-state index contributed by atoms with van der Waals surface area (Å²) in [6.07, 6.45) is 1.70. The summed E-state index contributed by atoms with van der Waals surface area (Å²) in [5, 5.41) is 2.74. The summed E-state index contributed by atoms with van der Waals surface area (Å²) in [5.41, 5.74) is 4.87. The molecule has 2 heterocycles. The second-order valence-electron chi connectivity index (χ2n) is 7.65. The molecular formula is C24H24N4O3S. The normalized spacial score (nSPS) is 11.1. The molecule has 7 nitrogen and oxygen atoms in total. The standard InChI is InChI=1S/C24H24N4O3S/c1-15-7-8-16(2)21(11-15)32-13-18-5-4-6-19(12-18)23(30)31-10-9-20-17(3)27-24-25-14-26-28(24)22(20)29/h4-8,11-12,14H,9-10,13H2,1-3H3,(H,25,26,27). The second-order valence-corrected chi connectivity index (χ2v) is 8.66. The zero-order chi connectivity index (χ0) is 22.7. The summed E-state index contributed by atoms with van der Waals surface area (Å²) >= 11 is 1.75. The van der Waals surface area contributed by atoms with Crippen molar-refractivity contribution < 1.29 is 9.53 Å². The van der Waals surface area contributed by atoms with Crippen LogP contribution < -0.4 is 5.56 Å². The number of aromatic amines is 1. The molecule has 0 unspecified atom stereocenters. The molecule has 4 rings (SSSR count). The van der Waals surface area contributed by atoms with E-state index in [1.807, 2.05) is 18.2 Å². The topological polar surface area (TPSA) is 89.3 Å². The van der Waals surface area contributed by atoms with Gasteiger partial charge in [0, 0.05) is 22.6 Å². The monoisotopic (exact) mass is 448 g/mol. The number of carbonyl (C=O) groups excluding carboxylic acids is 1. The van der Waals surface area contributed by atoms with Gasteiger partial charge in [0.2, 0.25) is 0 Å². The van der Waals surface area contributed by atoms with Gasteiger partial charge >= 0.3 is 5.97 Å². The molecule has 0 spiro atoms. The van der Waals surface area contributed by atoms with Gasteiger partial charge in [-0.3, -0.25) is 9.89 Å². The van der Waals surface area contributed by atoms with Crippen LogP contribution in [0.15, 0.2) is 58.5 Å². The van der Waals surface area contributed by atoms with Crippen LogP contribution in [0.4, 0.5) is 0 Å². The van der Waals surface area contributed by atoms with E-state index >= 15 is 0 Å². The lowest BCUT2D eigenvalue weighted by Gasteiger charge is -2.09. The van der Waals surface area contributed by atoms with Crippen molar-refractivity contribution >= 4 is 23.5 Å². The number of nitrogens with zero attached hydrogens (tertiary/aromatic N) is 3. The number of H-pyrrole nitrogens is 1. The van der Waals surface area contributed by atoms with Crippen molar-refractivity contribution in [2.45, 2.75) is 37.8 Å². The molecule has 0 bridgehead atoms. The predicted octanol–water partition coefficient (Wildman–Crippen LogP) is 4.03. The molecule has 0 radical (unpaired) electrons. The number of esters is 1. The number of thioether (sulfide) groups is 1. The van der Waals surface area contributed by atoms with Crippen LogP contribution in [0.25, 0.3) is 5.78 Å². The van der Waals surface area contributed by atoms with Crippen LogP contribution in [0.5, 0.6) is 0 Å². The highest BCUT2D eigenvalue weighted by Gasteiger charge is 2.13. The third kappa shape index (κ3) is 4.75. The fourth-order valence-electron chi connectivity index (χ4n) is 3.42. The third-order valence-corrected chi connectivity index (χ3v) is 6.45. The van der Waals surface area contributed by atoms with E-state index in [2.05, 4.69) is 47.1 Å². The number of ether oxygens (including phenoxy) is 1. The Bertz CT molecular complexity index is 1340. The van der Waals surface area contributed by atoms with Gasteiger partial charge in [0.25, 0.3) is 11.3 Å². The number of nitrogens with one attached hydrogen (secondary N) is 1. The number of carbonyl (C=O) groups is 1. The predicted molar refractivity (Wildman–Crippen MR) is 124 cm³/mol. The summed E-state index contributed by atoms with van der Waals surface area (Å²) < 4.78 is 6.72. The van der Waals surface area contributed by atoms with E-state index in [-0.39, 0.29) is 18.6 Å². The number of aryl methyl sites for hydroxylation is 3. The van der Waals surface area contributed by atoms with Crippen molar-refractivity contribution in [3.05, 3.63) is 92.7 Å². The lowest BCUT2D eigenvalue weighted by molar-refractivity contribution is 0.0508. The Balaban J connectivity index is 1.38. The molecule has 8 heteroatoms. The first-order valence-corrected chi connectivity index (χ1v) is 11.3. The lowest BCUT2D eigenvalue weighted by Crippen LogP contribution is -2.23. The number of rotatable bonds is 7. The summed E-state index contributed by atoms with van der Waals surface area (Å²) in [6.45, 7) is 6.03. The van der Waals surface area contributed by atoms with E-state index in [0.717, 1.165) is 11.3 Å². The zero-order valence-electron chi connectivity index (χ0n) is 18.2. The maximum Gasteiger partial charge on any atom is 0.338 e. The van der Waals surface area contributed by atoms with E-state index in [1.165, 1.54) is 26.9 Å². The molecule has 32 heavy (non-hydrogen) atoms. The molecule has 0 fully saturated rings. The maximum atomic E-state index is 12.6. The molecule has 0 amide bonds.